The standard InChI is InChI=1S/C23H19N5O2S/c1-15(16-8-10-17(11-9-16)31(2,29)30)28-14-26-22-23(28)27-21(13-25-22)19-5-3-7-20-18(19)6-4-12-24-20/h3-15H,1-2H3. The summed E-state index contributed by atoms with van der Waals surface area (Å²) in [6.45, 7) is 2.02. The number of nitrogens with zero attached hydrogens (tertiary/aromatic N) is 5. The molecule has 0 aliphatic rings. The van der Waals surface area contributed by atoms with Crippen LogP contribution in [0.25, 0.3) is 33.5 Å². The second-order valence-corrected chi connectivity index (χ2v) is 9.46. The molecule has 1 atom stereocenters. The van der Waals surface area contributed by atoms with E-state index in [0.717, 1.165) is 27.7 Å². The highest BCUT2D eigenvalue weighted by Crippen LogP contribution is 2.28. The quantitative estimate of drug-likeness (QED) is 0.428. The topological polar surface area (TPSA) is 90.6 Å². The lowest BCUT2D eigenvalue weighted by molar-refractivity contribution is 0.601. The van der Waals surface area contributed by atoms with Gasteiger partial charge in [-0.2, -0.15) is 0 Å². The molecule has 0 fully saturated rings. The van der Waals surface area contributed by atoms with Crippen LogP contribution in [0, 0.1) is 0 Å². The molecule has 5 rings (SSSR count). The highest BCUT2D eigenvalue weighted by atomic mass is 32.2. The van der Waals surface area contributed by atoms with E-state index in [4.69, 9.17) is 4.98 Å². The summed E-state index contributed by atoms with van der Waals surface area (Å²) in [7, 11) is -3.23. The molecule has 3 aromatic heterocycles. The first-order valence-corrected chi connectivity index (χ1v) is 11.6. The molecule has 0 amide bonds. The Morgan fingerprint density at radius 3 is 2.52 bits per heavy atom. The number of pyridine rings is 1. The Labute approximate surface area is 179 Å². The van der Waals surface area contributed by atoms with E-state index in [1.54, 1.807) is 30.9 Å². The third-order valence-electron chi connectivity index (χ3n) is 5.41. The van der Waals surface area contributed by atoms with Gasteiger partial charge in [0.25, 0.3) is 0 Å². The monoisotopic (exact) mass is 429 g/mol. The summed E-state index contributed by atoms with van der Waals surface area (Å²) in [6.07, 6.45) is 6.42. The number of hydrogen-bond acceptors (Lipinski definition) is 6. The van der Waals surface area contributed by atoms with Crippen molar-refractivity contribution in [3.05, 3.63) is 78.9 Å². The molecule has 0 aliphatic heterocycles. The number of hydrogen-bond donors (Lipinski definition) is 0. The van der Waals surface area contributed by atoms with Crippen molar-refractivity contribution in [2.45, 2.75) is 17.9 Å². The van der Waals surface area contributed by atoms with E-state index in [1.165, 1.54) is 6.26 Å². The first-order chi connectivity index (χ1) is 14.9. The van der Waals surface area contributed by atoms with Gasteiger partial charge in [-0.3, -0.25) is 4.98 Å². The number of imidazole rings is 1. The maximum absolute atomic E-state index is 11.7. The summed E-state index contributed by atoms with van der Waals surface area (Å²) in [6, 6.07) is 16.7. The molecule has 0 bridgehead atoms. The van der Waals surface area contributed by atoms with Crippen molar-refractivity contribution in [3.63, 3.8) is 0 Å². The lowest BCUT2D eigenvalue weighted by atomic mass is 10.1. The SMILES string of the molecule is CC(c1ccc(S(C)(=O)=O)cc1)n1cnc2ncc(-c3cccc4ncccc34)nc21. The number of fused-ring (bicyclic) bond motifs is 2. The molecule has 0 saturated heterocycles. The summed E-state index contributed by atoms with van der Waals surface area (Å²) in [4.78, 5) is 18.5. The Balaban J connectivity index is 1.59. The van der Waals surface area contributed by atoms with Crippen LogP contribution in [0.3, 0.4) is 0 Å². The average Bonchev–Trinajstić information content (AvgIpc) is 3.21. The largest absolute Gasteiger partial charge is 0.307 e. The van der Waals surface area contributed by atoms with E-state index >= 15 is 0 Å². The minimum absolute atomic E-state index is 0.0997. The second-order valence-electron chi connectivity index (χ2n) is 7.45. The molecular formula is C23H19N5O2S. The van der Waals surface area contributed by atoms with Crippen LogP contribution < -0.4 is 0 Å². The number of aromatic nitrogens is 5. The van der Waals surface area contributed by atoms with Gasteiger partial charge in [0.1, 0.15) is 0 Å². The molecule has 31 heavy (non-hydrogen) atoms. The van der Waals surface area contributed by atoms with E-state index in [0.29, 0.717) is 16.2 Å². The summed E-state index contributed by atoms with van der Waals surface area (Å²) in [5.74, 6) is 0. The number of rotatable bonds is 4. The molecule has 1 unspecified atom stereocenters. The fourth-order valence-electron chi connectivity index (χ4n) is 3.70. The minimum atomic E-state index is -3.23. The van der Waals surface area contributed by atoms with Crippen molar-refractivity contribution in [1.29, 1.82) is 0 Å². The van der Waals surface area contributed by atoms with Crippen LogP contribution in [0.2, 0.25) is 0 Å². The van der Waals surface area contributed by atoms with Crippen molar-refractivity contribution < 1.29 is 8.42 Å². The maximum atomic E-state index is 11.7. The summed E-state index contributed by atoms with van der Waals surface area (Å²) in [5.41, 5.74) is 4.77. The first kappa shape index (κ1) is 19.3. The molecule has 2 aromatic carbocycles. The zero-order chi connectivity index (χ0) is 21.6. The second kappa shape index (κ2) is 7.24. The fourth-order valence-corrected chi connectivity index (χ4v) is 4.33. The summed E-state index contributed by atoms with van der Waals surface area (Å²) < 4.78 is 25.4. The van der Waals surface area contributed by atoms with Crippen molar-refractivity contribution in [3.8, 4) is 11.3 Å². The van der Waals surface area contributed by atoms with E-state index in [2.05, 4.69) is 15.0 Å². The molecule has 5 aromatic rings. The zero-order valence-corrected chi connectivity index (χ0v) is 17.8. The lowest BCUT2D eigenvalue weighted by Crippen LogP contribution is -2.07. The predicted molar refractivity (Wildman–Crippen MR) is 119 cm³/mol. The van der Waals surface area contributed by atoms with Crippen LogP contribution in [0.15, 0.2) is 78.2 Å². The van der Waals surface area contributed by atoms with E-state index < -0.39 is 9.84 Å². The molecular weight excluding hydrogens is 410 g/mol. The van der Waals surface area contributed by atoms with E-state index in [-0.39, 0.29) is 6.04 Å². The normalized spacial score (nSPS) is 13.0. The predicted octanol–water partition coefficient (Wildman–Crippen LogP) is 4.05. The smallest absolute Gasteiger partial charge is 0.197 e. The molecule has 0 aliphatic carbocycles. The van der Waals surface area contributed by atoms with Gasteiger partial charge in [-0.25, -0.2) is 23.4 Å². The van der Waals surface area contributed by atoms with E-state index in [1.807, 2.05) is 54.0 Å². The minimum Gasteiger partial charge on any atom is -0.307 e. The van der Waals surface area contributed by atoms with Crippen molar-refractivity contribution in [2.75, 3.05) is 6.26 Å². The third kappa shape index (κ3) is 3.44. The van der Waals surface area contributed by atoms with Crippen molar-refractivity contribution >= 4 is 32.0 Å². The molecule has 3 heterocycles. The Hall–Kier alpha value is -3.65. The summed E-state index contributed by atoms with van der Waals surface area (Å²) in [5, 5.41) is 1.01. The van der Waals surface area contributed by atoms with Gasteiger partial charge in [0, 0.05) is 23.4 Å². The molecule has 7 nitrogen and oxygen atoms in total. The van der Waals surface area contributed by atoms with Gasteiger partial charge in [0.2, 0.25) is 0 Å². The van der Waals surface area contributed by atoms with Crippen LogP contribution in [0.4, 0.5) is 0 Å². The van der Waals surface area contributed by atoms with Crippen LogP contribution in [-0.4, -0.2) is 39.2 Å². The highest BCUT2D eigenvalue weighted by Gasteiger charge is 2.16. The van der Waals surface area contributed by atoms with Gasteiger partial charge in [0.15, 0.2) is 21.1 Å². The van der Waals surface area contributed by atoms with Gasteiger partial charge < -0.3 is 4.57 Å². The Bertz CT molecular complexity index is 1520. The van der Waals surface area contributed by atoms with Crippen molar-refractivity contribution in [1.82, 2.24) is 24.5 Å². The Morgan fingerprint density at radius 2 is 1.74 bits per heavy atom. The van der Waals surface area contributed by atoms with Crippen LogP contribution in [0.1, 0.15) is 18.5 Å². The van der Waals surface area contributed by atoms with Gasteiger partial charge in [-0.05, 0) is 36.8 Å². The highest BCUT2D eigenvalue weighted by molar-refractivity contribution is 7.90. The third-order valence-corrected chi connectivity index (χ3v) is 6.54. The van der Waals surface area contributed by atoms with E-state index in [9.17, 15) is 8.42 Å². The van der Waals surface area contributed by atoms with Crippen molar-refractivity contribution in [2.24, 2.45) is 0 Å². The van der Waals surface area contributed by atoms with Crippen LogP contribution in [0.5, 0.6) is 0 Å². The fraction of sp³-hybridized carbons (Fsp3) is 0.130. The molecule has 154 valence electrons. The summed E-state index contributed by atoms with van der Waals surface area (Å²) >= 11 is 0. The Kier molecular flexibility index (Phi) is 4.51. The maximum Gasteiger partial charge on any atom is 0.197 e. The average molecular weight is 430 g/mol. The number of benzene rings is 2. The molecule has 0 N–H and O–H groups in total. The molecule has 0 spiro atoms. The Morgan fingerprint density at radius 1 is 0.935 bits per heavy atom. The lowest BCUT2D eigenvalue weighted by Gasteiger charge is -2.15. The van der Waals surface area contributed by atoms with Gasteiger partial charge in [0.05, 0.1) is 34.7 Å². The first-order valence-electron chi connectivity index (χ1n) is 9.75. The molecule has 0 radical (unpaired) electrons. The zero-order valence-electron chi connectivity index (χ0n) is 17.0. The molecule has 0 saturated carbocycles. The van der Waals surface area contributed by atoms with Gasteiger partial charge in [-0.15, -0.1) is 0 Å². The number of sulfone groups is 1. The van der Waals surface area contributed by atoms with Gasteiger partial charge >= 0.3 is 0 Å². The van der Waals surface area contributed by atoms with Crippen LogP contribution >= 0.6 is 0 Å². The molecule has 8 heteroatoms. The van der Waals surface area contributed by atoms with Gasteiger partial charge in [-0.1, -0.05) is 30.3 Å². The van der Waals surface area contributed by atoms with Crippen LogP contribution in [-0.2, 0) is 9.84 Å².